The summed E-state index contributed by atoms with van der Waals surface area (Å²) in [6.07, 6.45) is 5.01. The molecule has 4 nitrogen and oxygen atoms in total. The third-order valence-electron chi connectivity index (χ3n) is 6.13. The predicted octanol–water partition coefficient (Wildman–Crippen LogP) is 5.83. The second kappa shape index (κ2) is 8.35. The van der Waals surface area contributed by atoms with Crippen LogP contribution in [0.4, 0.5) is 9.39 Å². The van der Waals surface area contributed by atoms with E-state index in [9.17, 15) is 9.18 Å². The molecule has 1 aliphatic carbocycles. The quantitative estimate of drug-likeness (QED) is 0.546. The molecule has 0 fully saturated rings. The molecule has 31 heavy (non-hydrogen) atoms. The van der Waals surface area contributed by atoms with Crippen LogP contribution in [0.25, 0.3) is 0 Å². The molecule has 6 heteroatoms. The molecule has 1 amide bonds. The molecule has 1 aliphatic heterocycles. The average molecular weight is 438 g/mol. The predicted molar refractivity (Wildman–Crippen MR) is 120 cm³/mol. The number of nitrogens with one attached hydrogen (secondary N) is 1. The van der Waals surface area contributed by atoms with E-state index in [1.165, 1.54) is 34.9 Å². The number of thiophene rings is 1. The van der Waals surface area contributed by atoms with E-state index in [1.807, 2.05) is 18.2 Å². The van der Waals surface area contributed by atoms with Crippen LogP contribution in [0, 0.1) is 5.82 Å². The highest BCUT2D eigenvalue weighted by Crippen LogP contribution is 2.48. The smallest absolute Gasteiger partial charge is 0.225 e. The maximum absolute atomic E-state index is 13.9. The van der Waals surface area contributed by atoms with Crippen LogP contribution in [0.3, 0.4) is 0 Å². The molecule has 2 aliphatic rings. The monoisotopic (exact) mass is 437 g/mol. The summed E-state index contributed by atoms with van der Waals surface area (Å²) in [6.45, 7) is 0.121. The van der Waals surface area contributed by atoms with E-state index in [-0.39, 0.29) is 24.2 Å². The van der Waals surface area contributed by atoms with E-state index in [1.54, 1.807) is 36.6 Å². The van der Waals surface area contributed by atoms with Gasteiger partial charge in [0.2, 0.25) is 5.91 Å². The van der Waals surface area contributed by atoms with Gasteiger partial charge in [-0.05, 0) is 60.6 Å². The minimum Gasteiger partial charge on any atom is -0.493 e. The number of ether oxygens (including phenoxy) is 2. The van der Waals surface area contributed by atoms with Crippen molar-refractivity contribution in [1.29, 1.82) is 0 Å². The molecule has 0 spiro atoms. The number of hydrogen-bond acceptors (Lipinski definition) is 4. The summed E-state index contributed by atoms with van der Waals surface area (Å²) < 4.78 is 25.4. The zero-order valence-corrected chi connectivity index (χ0v) is 18.2. The number of halogens is 1. The normalized spacial score (nSPS) is 17.5. The summed E-state index contributed by atoms with van der Waals surface area (Å²) in [5.74, 6) is 0.917. The van der Waals surface area contributed by atoms with Crippen molar-refractivity contribution in [2.75, 3.05) is 12.4 Å². The number of amides is 1. The van der Waals surface area contributed by atoms with Crippen LogP contribution in [-0.4, -0.2) is 13.0 Å². The first kappa shape index (κ1) is 20.1. The Kier molecular flexibility index (Phi) is 5.40. The lowest BCUT2D eigenvalue weighted by molar-refractivity contribution is -0.116. The Morgan fingerprint density at radius 1 is 1.13 bits per heavy atom. The van der Waals surface area contributed by atoms with Crippen molar-refractivity contribution in [3.8, 4) is 11.5 Å². The van der Waals surface area contributed by atoms with E-state index >= 15 is 0 Å². The van der Waals surface area contributed by atoms with Crippen LogP contribution in [0.2, 0.25) is 0 Å². The van der Waals surface area contributed by atoms with Crippen LogP contribution in [0.1, 0.15) is 52.3 Å². The van der Waals surface area contributed by atoms with Gasteiger partial charge >= 0.3 is 0 Å². The Balaban J connectivity index is 1.46. The van der Waals surface area contributed by atoms with Gasteiger partial charge in [0.05, 0.1) is 12.1 Å². The molecule has 3 aromatic rings. The molecule has 1 atom stereocenters. The van der Waals surface area contributed by atoms with Gasteiger partial charge in [0, 0.05) is 22.8 Å². The molecular weight excluding hydrogens is 413 g/mol. The molecule has 1 aromatic heterocycles. The lowest BCUT2D eigenvalue weighted by atomic mass is 9.82. The Labute approximate surface area is 185 Å². The molecule has 2 aromatic carbocycles. The number of fused-ring (bicyclic) bond motifs is 3. The van der Waals surface area contributed by atoms with Gasteiger partial charge in [0.25, 0.3) is 0 Å². The fourth-order valence-electron chi connectivity index (χ4n) is 4.59. The van der Waals surface area contributed by atoms with Crippen LogP contribution in [0.5, 0.6) is 11.5 Å². The maximum atomic E-state index is 13.9. The molecule has 5 rings (SSSR count). The maximum Gasteiger partial charge on any atom is 0.225 e. The fourth-order valence-corrected chi connectivity index (χ4v) is 5.96. The van der Waals surface area contributed by atoms with E-state index in [2.05, 4.69) is 5.32 Å². The van der Waals surface area contributed by atoms with Crippen molar-refractivity contribution in [2.24, 2.45) is 0 Å². The van der Waals surface area contributed by atoms with Crippen LogP contribution in [0.15, 0.2) is 42.5 Å². The standard InChI is InChI=1S/C25H24FNO3S/c1-29-21-12-15(10-11-20(21)30-14-16-6-2-4-8-19(16)26)18-13-23(28)27-25-24(18)17-7-3-5-9-22(17)31-25/h2,4,6,8,10-12,18H,3,5,7,9,13-14H2,1H3,(H,27,28)/t18-/m1/s1. The van der Waals surface area contributed by atoms with Gasteiger partial charge in [0.1, 0.15) is 12.4 Å². The van der Waals surface area contributed by atoms with Crippen molar-refractivity contribution < 1.29 is 18.7 Å². The van der Waals surface area contributed by atoms with Crippen molar-refractivity contribution in [3.05, 3.63) is 75.4 Å². The van der Waals surface area contributed by atoms with Crippen molar-refractivity contribution in [2.45, 2.75) is 44.6 Å². The highest BCUT2D eigenvalue weighted by Gasteiger charge is 2.33. The van der Waals surface area contributed by atoms with E-state index < -0.39 is 0 Å². The number of methoxy groups -OCH3 is 1. The summed E-state index contributed by atoms with van der Waals surface area (Å²) in [7, 11) is 1.60. The topological polar surface area (TPSA) is 47.6 Å². The van der Waals surface area contributed by atoms with Crippen molar-refractivity contribution in [1.82, 2.24) is 0 Å². The number of benzene rings is 2. The largest absolute Gasteiger partial charge is 0.493 e. The zero-order valence-electron chi connectivity index (χ0n) is 17.4. The molecule has 0 radical (unpaired) electrons. The molecule has 0 bridgehead atoms. The van der Waals surface area contributed by atoms with E-state index in [4.69, 9.17) is 9.47 Å². The van der Waals surface area contributed by atoms with Gasteiger partial charge in [-0.15, -0.1) is 11.3 Å². The number of carbonyl (C=O) groups excluding carboxylic acids is 1. The zero-order chi connectivity index (χ0) is 21.4. The molecule has 0 unspecified atom stereocenters. The van der Waals surface area contributed by atoms with Gasteiger partial charge in [0.15, 0.2) is 11.5 Å². The molecule has 0 saturated carbocycles. The third kappa shape index (κ3) is 3.81. The molecule has 1 N–H and O–H groups in total. The van der Waals surface area contributed by atoms with Crippen LogP contribution >= 0.6 is 11.3 Å². The summed E-state index contributed by atoms with van der Waals surface area (Å²) in [5.41, 5.74) is 4.24. The number of hydrogen-bond donors (Lipinski definition) is 1. The first-order valence-electron chi connectivity index (χ1n) is 10.6. The van der Waals surface area contributed by atoms with Crippen molar-refractivity contribution >= 4 is 22.2 Å². The minimum atomic E-state index is -0.291. The third-order valence-corrected chi connectivity index (χ3v) is 7.36. The Hall–Kier alpha value is -2.86. The summed E-state index contributed by atoms with van der Waals surface area (Å²) >= 11 is 1.74. The van der Waals surface area contributed by atoms with Crippen molar-refractivity contribution in [3.63, 3.8) is 0 Å². The molecule has 2 heterocycles. The second-order valence-corrected chi connectivity index (χ2v) is 9.15. The number of anilines is 1. The number of rotatable bonds is 5. The van der Waals surface area contributed by atoms with Crippen LogP contribution in [-0.2, 0) is 24.2 Å². The van der Waals surface area contributed by atoms with Crippen LogP contribution < -0.4 is 14.8 Å². The first-order valence-corrected chi connectivity index (χ1v) is 11.4. The lowest BCUT2D eigenvalue weighted by Crippen LogP contribution is -2.23. The Bertz CT molecular complexity index is 1140. The Morgan fingerprint density at radius 3 is 2.81 bits per heavy atom. The molecule has 160 valence electrons. The first-order chi connectivity index (χ1) is 15.1. The van der Waals surface area contributed by atoms with Gasteiger partial charge < -0.3 is 14.8 Å². The number of carbonyl (C=O) groups is 1. The average Bonchev–Trinajstić information content (AvgIpc) is 3.16. The SMILES string of the molecule is COc1cc([C@H]2CC(=O)Nc3sc4c(c32)CCCC4)ccc1OCc1ccccc1F. The Morgan fingerprint density at radius 2 is 1.97 bits per heavy atom. The summed E-state index contributed by atoms with van der Waals surface area (Å²) in [6, 6.07) is 12.4. The summed E-state index contributed by atoms with van der Waals surface area (Å²) in [5, 5.41) is 4.10. The number of aryl methyl sites for hydroxylation is 1. The minimum absolute atomic E-state index is 0.0105. The second-order valence-electron chi connectivity index (χ2n) is 8.05. The van der Waals surface area contributed by atoms with Gasteiger partial charge in [-0.1, -0.05) is 24.3 Å². The van der Waals surface area contributed by atoms with Gasteiger partial charge in [-0.2, -0.15) is 0 Å². The summed E-state index contributed by atoms with van der Waals surface area (Å²) in [4.78, 5) is 13.9. The highest BCUT2D eigenvalue weighted by molar-refractivity contribution is 7.16. The highest BCUT2D eigenvalue weighted by atomic mass is 32.1. The van der Waals surface area contributed by atoms with E-state index in [0.29, 0.717) is 23.5 Å². The fraction of sp³-hybridized carbons (Fsp3) is 0.320. The van der Waals surface area contributed by atoms with E-state index in [0.717, 1.165) is 23.4 Å². The van der Waals surface area contributed by atoms with Gasteiger partial charge in [-0.25, -0.2) is 4.39 Å². The van der Waals surface area contributed by atoms with Gasteiger partial charge in [-0.3, -0.25) is 4.79 Å². The lowest BCUT2D eigenvalue weighted by Gasteiger charge is -2.26. The molecular formula is C25H24FNO3S. The molecule has 0 saturated heterocycles.